The van der Waals surface area contributed by atoms with Gasteiger partial charge in [-0.3, -0.25) is 9.10 Å². The molecule has 0 saturated carbocycles. The molecule has 0 unspecified atom stereocenters. The average molecular weight is 624 g/mol. The molecule has 1 aromatic heterocycles. The minimum atomic E-state index is -4.46. The number of halogens is 4. The first-order valence-electron chi connectivity index (χ1n) is 12.3. The van der Waals surface area contributed by atoms with Gasteiger partial charge in [-0.1, -0.05) is 23.7 Å². The standard InChI is InChI=1S/C28H25ClF3N3O6S/c1-18-25(33-27(41-18)20-6-8-21(9-7-20)28(30,31)32)17-40-24-5-3-4-19(14-24)15-35(16-26(36)37)42(38,39)34(2)23-12-10-22(29)11-13-23/h3-14H,15-17H2,1-2H3,(H,36,37). The Labute approximate surface area is 244 Å². The number of nitrogens with zero attached hydrogens (tertiary/aromatic N) is 3. The predicted molar refractivity (Wildman–Crippen MR) is 149 cm³/mol. The highest BCUT2D eigenvalue weighted by Gasteiger charge is 2.31. The number of alkyl halides is 3. The fraction of sp³-hybridized carbons (Fsp3) is 0.214. The molecule has 0 aliphatic carbocycles. The molecule has 4 aromatic rings. The molecule has 9 nitrogen and oxygen atoms in total. The molecule has 0 bridgehead atoms. The molecule has 0 radical (unpaired) electrons. The predicted octanol–water partition coefficient (Wildman–Crippen LogP) is 6.17. The molecule has 1 N–H and O–H groups in total. The molecule has 222 valence electrons. The number of carboxylic acids is 1. The summed E-state index contributed by atoms with van der Waals surface area (Å²) in [5.74, 6) is -0.441. The van der Waals surface area contributed by atoms with Gasteiger partial charge in [-0.25, -0.2) is 4.98 Å². The monoisotopic (exact) mass is 623 g/mol. The molecule has 0 fully saturated rings. The maximum Gasteiger partial charge on any atom is 0.416 e. The Bertz CT molecular complexity index is 1660. The average Bonchev–Trinajstić information content (AvgIpc) is 3.31. The molecule has 14 heteroatoms. The Hall–Kier alpha value is -4.07. The lowest BCUT2D eigenvalue weighted by molar-refractivity contribution is -0.138. The van der Waals surface area contributed by atoms with Crippen LogP contribution in [0.3, 0.4) is 0 Å². The number of hydrogen-bond donors (Lipinski definition) is 1. The van der Waals surface area contributed by atoms with Crippen molar-refractivity contribution in [2.24, 2.45) is 0 Å². The van der Waals surface area contributed by atoms with E-state index in [0.29, 0.717) is 39.0 Å². The molecule has 3 aromatic carbocycles. The fourth-order valence-electron chi connectivity index (χ4n) is 3.90. The quantitative estimate of drug-likeness (QED) is 0.213. The van der Waals surface area contributed by atoms with Crippen molar-refractivity contribution in [1.82, 2.24) is 9.29 Å². The molecule has 0 amide bonds. The van der Waals surface area contributed by atoms with Crippen LogP contribution in [0.1, 0.15) is 22.6 Å². The van der Waals surface area contributed by atoms with Gasteiger partial charge in [0.05, 0.1) is 11.3 Å². The van der Waals surface area contributed by atoms with E-state index in [1.165, 1.54) is 43.4 Å². The largest absolute Gasteiger partial charge is 0.487 e. The highest BCUT2D eigenvalue weighted by molar-refractivity contribution is 7.90. The first-order valence-corrected chi connectivity index (χ1v) is 14.1. The fourth-order valence-corrected chi connectivity index (χ4v) is 5.35. The number of aliphatic carboxylic acids is 1. The number of aryl methyl sites for hydroxylation is 1. The van der Waals surface area contributed by atoms with Crippen molar-refractivity contribution in [3.05, 3.63) is 100 Å². The molecule has 4 rings (SSSR count). The van der Waals surface area contributed by atoms with Gasteiger partial charge >= 0.3 is 22.4 Å². The maximum absolute atomic E-state index is 13.3. The normalized spacial score (nSPS) is 12.0. The summed E-state index contributed by atoms with van der Waals surface area (Å²) in [4.78, 5) is 15.9. The van der Waals surface area contributed by atoms with E-state index in [1.54, 1.807) is 31.2 Å². The van der Waals surface area contributed by atoms with Crippen molar-refractivity contribution in [1.29, 1.82) is 0 Å². The topological polar surface area (TPSA) is 113 Å². The second kappa shape index (κ2) is 12.4. The molecule has 0 saturated heterocycles. The number of benzene rings is 3. The molecular weight excluding hydrogens is 599 g/mol. The van der Waals surface area contributed by atoms with Gasteiger partial charge in [0.1, 0.15) is 30.4 Å². The van der Waals surface area contributed by atoms with Gasteiger partial charge < -0.3 is 14.3 Å². The summed E-state index contributed by atoms with van der Waals surface area (Å²) in [6.45, 7) is 0.554. The first-order chi connectivity index (χ1) is 19.7. The summed E-state index contributed by atoms with van der Waals surface area (Å²) in [7, 11) is -2.94. The van der Waals surface area contributed by atoms with E-state index in [1.807, 2.05) is 0 Å². The SMILES string of the molecule is Cc1oc(-c2ccc(C(F)(F)F)cc2)nc1COc1cccc(CN(CC(=O)O)S(=O)(=O)N(C)c2ccc(Cl)cc2)c1. The van der Waals surface area contributed by atoms with Gasteiger partial charge in [-0.2, -0.15) is 25.9 Å². The smallest absolute Gasteiger partial charge is 0.416 e. The third kappa shape index (κ3) is 7.41. The number of aromatic nitrogens is 1. The van der Waals surface area contributed by atoms with Gasteiger partial charge in [0.2, 0.25) is 5.89 Å². The van der Waals surface area contributed by atoms with Crippen LogP contribution in [0.4, 0.5) is 18.9 Å². The van der Waals surface area contributed by atoms with Gasteiger partial charge in [0, 0.05) is 24.2 Å². The third-order valence-corrected chi connectivity index (χ3v) is 8.22. The van der Waals surface area contributed by atoms with E-state index in [2.05, 4.69) is 4.98 Å². The lowest BCUT2D eigenvalue weighted by Gasteiger charge is -2.28. The molecule has 0 aliphatic heterocycles. The lowest BCUT2D eigenvalue weighted by Crippen LogP contribution is -2.44. The van der Waals surface area contributed by atoms with Crippen molar-refractivity contribution >= 4 is 33.5 Å². The Balaban J connectivity index is 1.48. The lowest BCUT2D eigenvalue weighted by atomic mass is 10.1. The van der Waals surface area contributed by atoms with E-state index in [9.17, 15) is 31.5 Å². The van der Waals surface area contributed by atoms with Crippen LogP contribution < -0.4 is 9.04 Å². The van der Waals surface area contributed by atoms with Crippen molar-refractivity contribution in [2.45, 2.75) is 26.3 Å². The Kier molecular flexibility index (Phi) is 9.14. The van der Waals surface area contributed by atoms with E-state index in [4.69, 9.17) is 20.8 Å². The van der Waals surface area contributed by atoms with E-state index >= 15 is 0 Å². The number of oxazole rings is 1. The first kappa shape index (κ1) is 30.9. The maximum atomic E-state index is 13.3. The number of anilines is 1. The second-order valence-electron chi connectivity index (χ2n) is 9.15. The Morgan fingerprint density at radius 2 is 1.74 bits per heavy atom. The molecule has 0 aliphatic rings. The van der Waals surface area contributed by atoms with Gasteiger partial charge in [0.25, 0.3) is 0 Å². The molecule has 42 heavy (non-hydrogen) atoms. The van der Waals surface area contributed by atoms with Gasteiger partial charge in [-0.05, 0) is 73.2 Å². The molecule has 0 spiro atoms. The summed E-state index contributed by atoms with van der Waals surface area (Å²) in [5.41, 5.74) is 0.747. The Morgan fingerprint density at radius 3 is 2.36 bits per heavy atom. The highest BCUT2D eigenvalue weighted by Crippen LogP contribution is 2.31. The Morgan fingerprint density at radius 1 is 1.07 bits per heavy atom. The van der Waals surface area contributed by atoms with Crippen LogP contribution in [-0.4, -0.2) is 42.4 Å². The van der Waals surface area contributed by atoms with Crippen LogP contribution in [-0.2, 0) is 34.3 Å². The zero-order chi connectivity index (χ0) is 30.7. The summed E-state index contributed by atoms with van der Waals surface area (Å²) >= 11 is 5.89. The van der Waals surface area contributed by atoms with Crippen molar-refractivity contribution < 1.29 is 40.6 Å². The van der Waals surface area contributed by atoms with E-state index in [-0.39, 0.29) is 19.0 Å². The number of carbonyl (C=O) groups is 1. The zero-order valence-electron chi connectivity index (χ0n) is 22.3. The van der Waals surface area contributed by atoms with Crippen LogP contribution in [0.25, 0.3) is 11.5 Å². The van der Waals surface area contributed by atoms with Crippen molar-refractivity contribution in [2.75, 3.05) is 17.9 Å². The van der Waals surface area contributed by atoms with E-state index in [0.717, 1.165) is 20.7 Å². The van der Waals surface area contributed by atoms with Crippen LogP contribution in [0.2, 0.25) is 5.02 Å². The summed E-state index contributed by atoms with van der Waals surface area (Å²) < 4.78 is 78.5. The molecular formula is C28H25ClF3N3O6S. The van der Waals surface area contributed by atoms with Gasteiger partial charge in [0.15, 0.2) is 0 Å². The van der Waals surface area contributed by atoms with Crippen LogP contribution in [0, 0.1) is 6.92 Å². The summed E-state index contributed by atoms with van der Waals surface area (Å²) in [5, 5.41) is 9.82. The van der Waals surface area contributed by atoms with Crippen molar-refractivity contribution in [3.63, 3.8) is 0 Å². The van der Waals surface area contributed by atoms with E-state index < -0.39 is 34.5 Å². The van der Waals surface area contributed by atoms with Crippen LogP contribution in [0.15, 0.2) is 77.2 Å². The third-order valence-electron chi connectivity index (χ3n) is 6.16. The second-order valence-corrected chi connectivity index (χ2v) is 11.5. The molecule has 1 heterocycles. The minimum Gasteiger partial charge on any atom is -0.487 e. The number of hydrogen-bond acceptors (Lipinski definition) is 6. The minimum absolute atomic E-state index is 0.0458. The zero-order valence-corrected chi connectivity index (χ0v) is 23.9. The van der Waals surface area contributed by atoms with Crippen LogP contribution >= 0.6 is 11.6 Å². The number of rotatable bonds is 11. The number of ether oxygens (including phenoxy) is 1. The molecule has 0 atom stereocenters. The summed E-state index contributed by atoms with van der Waals surface area (Å²) in [6, 6.07) is 16.9. The summed E-state index contributed by atoms with van der Waals surface area (Å²) in [6.07, 6.45) is -4.46. The van der Waals surface area contributed by atoms with Crippen LogP contribution in [0.5, 0.6) is 5.75 Å². The van der Waals surface area contributed by atoms with Gasteiger partial charge in [-0.15, -0.1) is 0 Å². The number of carboxylic acid groups (broad SMARTS) is 1. The van der Waals surface area contributed by atoms with Crippen molar-refractivity contribution in [3.8, 4) is 17.2 Å². The highest BCUT2D eigenvalue weighted by atomic mass is 35.5.